The minimum atomic E-state index is -0.0281. The van der Waals surface area contributed by atoms with Gasteiger partial charge in [0.25, 0.3) is 0 Å². The molecule has 1 aromatic rings. The van der Waals surface area contributed by atoms with Crippen molar-refractivity contribution in [3.63, 3.8) is 0 Å². The minimum absolute atomic E-state index is 0.0281. The van der Waals surface area contributed by atoms with E-state index in [-0.39, 0.29) is 17.9 Å². The largest absolute Gasteiger partial charge is 0.339 e. The number of nitrogens with one attached hydrogen (secondary N) is 1. The van der Waals surface area contributed by atoms with Crippen LogP contribution in [-0.2, 0) is 11.2 Å². The number of piperazine rings is 1. The van der Waals surface area contributed by atoms with E-state index >= 15 is 0 Å². The molecule has 24 heavy (non-hydrogen) atoms. The molecule has 132 valence electrons. The number of amides is 3. The first-order valence-electron chi connectivity index (χ1n) is 8.97. The average Bonchev–Trinajstić information content (AvgIpc) is 2.62. The van der Waals surface area contributed by atoms with Gasteiger partial charge in [-0.05, 0) is 18.4 Å². The van der Waals surface area contributed by atoms with Crippen LogP contribution in [0.5, 0.6) is 0 Å². The van der Waals surface area contributed by atoms with Crippen LogP contribution in [0.3, 0.4) is 0 Å². The molecule has 1 N–H and O–H groups in total. The van der Waals surface area contributed by atoms with Gasteiger partial charge >= 0.3 is 6.03 Å². The highest BCUT2D eigenvalue weighted by atomic mass is 16.2. The van der Waals surface area contributed by atoms with E-state index in [1.807, 2.05) is 30.0 Å². The summed E-state index contributed by atoms with van der Waals surface area (Å²) in [7, 11) is 0. The van der Waals surface area contributed by atoms with Crippen LogP contribution < -0.4 is 5.32 Å². The van der Waals surface area contributed by atoms with Gasteiger partial charge in [0.1, 0.15) is 0 Å². The number of nitrogens with zero attached hydrogens (tertiary/aromatic N) is 2. The molecule has 1 aliphatic rings. The number of benzene rings is 1. The van der Waals surface area contributed by atoms with Crippen molar-refractivity contribution in [2.24, 2.45) is 5.92 Å². The van der Waals surface area contributed by atoms with Crippen LogP contribution in [-0.4, -0.2) is 54.5 Å². The Hall–Kier alpha value is -2.04. The third kappa shape index (κ3) is 5.25. The van der Waals surface area contributed by atoms with Crippen LogP contribution >= 0.6 is 0 Å². The summed E-state index contributed by atoms with van der Waals surface area (Å²) in [5.41, 5.74) is 1.22. The lowest BCUT2D eigenvalue weighted by Gasteiger charge is -2.36. The van der Waals surface area contributed by atoms with Crippen LogP contribution in [0.25, 0.3) is 0 Å². The molecule has 3 amide bonds. The number of hydrogen-bond acceptors (Lipinski definition) is 2. The van der Waals surface area contributed by atoms with Crippen molar-refractivity contribution in [1.29, 1.82) is 0 Å². The van der Waals surface area contributed by atoms with Gasteiger partial charge in [0.05, 0.1) is 0 Å². The molecule has 1 aromatic carbocycles. The summed E-state index contributed by atoms with van der Waals surface area (Å²) in [4.78, 5) is 28.2. The normalized spacial score (nSPS) is 15.9. The monoisotopic (exact) mass is 331 g/mol. The maximum absolute atomic E-state index is 12.3. The first-order chi connectivity index (χ1) is 11.6. The fraction of sp³-hybridized carbons (Fsp3) is 0.579. The number of carbonyl (C=O) groups excluding carboxylic acids is 2. The summed E-state index contributed by atoms with van der Waals surface area (Å²) < 4.78 is 0. The molecule has 0 saturated carbocycles. The average molecular weight is 331 g/mol. The Bertz CT molecular complexity index is 525. The van der Waals surface area contributed by atoms with Gasteiger partial charge in [-0.2, -0.15) is 0 Å². The lowest BCUT2D eigenvalue weighted by atomic mass is 10.0. The van der Waals surface area contributed by atoms with E-state index in [9.17, 15) is 9.59 Å². The van der Waals surface area contributed by atoms with E-state index in [4.69, 9.17) is 0 Å². The van der Waals surface area contributed by atoms with E-state index in [2.05, 4.69) is 24.4 Å². The highest BCUT2D eigenvalue weighted by Crippen LogP contribution is 2.12. The molecule has 1 saturated heterocycles. The molecule has 1 heterocycles. The predicted octanol–water partition coefficient (Wildman–Crippen LogP) is 2.52. The molecule has 0 bridgehead atoms. The zero-order valence-corrected chi connectivity index (χ0v) is 14.8. The molecule has 5 heteroatoms. The Morgan fingerprint density at radius 1 is 1.08 bits per heavy atom. The number of carbonyl (C=O) groups is 2. The van der Waals surface area contributed by atoms with Crippen molar-refractivity contribution in [3.05, 3.63) is 35.9 Å². The van der Waals surface area contributed by atoms with Gasteiger partial charge in [0, 0.05) is 38.6 Å². The summed E-state index contributed by atoms with van der Waals surface area (Å²) in [5, 5.41) is 2.97. The third-order valence-electron chi connectivity index (χ3n) is 4.55. The van der Waals surface area contributed by atoms with Crippen LogP contribution in [0.2, 0.25) is 0 Å². The molecule has 2 rings (SSSR count). The predicted molar refractivity (Wildman–Crippen MR) is 95.8 cm³/mol. The molecule has 1 fully saturated rings. The molecule has 1 aliphatic heterocycles. The quantitative estimate of drug-likeness (QED) is 0.871. The second-order valence-electron chi connectivity index (χ2n) is 6.47. The van der Waals surface area contributed by atoms with Gasteiger partial charge in [-0.15, -0.1) is 0 Å². The summed E-state index contributed by atoms with van der Waals surface area (Å²) >= 11 is 0. The topological polar surface area (TPSA) is 52.7 Å². The smallest absolute Gasteiger partial charge is 0.317 e. The standard InChI is InChI=1S/C19H29N3O2/c1-3-7-16(2)18(23)21-12-14-22(15-13-21)19(24)20-11-10-17-8-5-4-6-9-17/h4-6,8-9,16H,3,7,10-15H2,1-2H3,(H,20,24). The lowest BCUT2D eigenvalue weighted by molar-refractivity contribution is -0.136. The number of hydrogen-bond donors (Lipinski definition) is 1. The van der Waals surface area contributed by atoms with Crippen molar-refractivity contribution in [2.75, 3.05) is 32.7 Å². The zero-order chi connectivity index (χ0) is 17.4. The van der Waals surface area contributed by atoms with Crippen molar-refractivity contribution in [1.82, 2.24) is 15.1 Å². The summed E-state index contributed by atoms with van der Waals surface area (Å²) in [6, 6.07) is 10.1. The molecule has 0 radical (unpaired) electrons. The summed E-state index contributed by atoms with van der Waals surface area (Å²) in [5.74, 6) is 0.308. The van der Waals surface area contributed by atoms with Crippen molar-refractivity contribution in [2.45, 2.75) is 33.1 Å². The van der Waals surface area contributed by atoms with Gasteiger partial charge in [0.15, 0.2) is 0 Å². The molecule has 0 aromatic heterocycles. The first kappa shape index (κ1) is 18.3. The maximum atomic E-state index is 12.3. The maximum Gasteiger partial charge on any atom is 0.317 e. The molecule has 1 unspecified atom stereocenters. The van der Waals surface area contributed by atoms with Crippen LogP contribution in [0.4, 0.5) is 4.79 Å². The van der Waals surface area contributed by atoms with Crippen LogP contribution in [0.15, 0.2) is 30.3 Å². The number of urea groups is 1. The van der Waals surface area contributed by atoms with Crippen LogP contribution in [0, 0.1) is 5.92 Å². The Balaban J connectivity index is 1.69. The van der Waals surface area contributed by atoms with Gasteiger partial charge in [-0.3, -0.25) is 4.79 Å². The summed E-state index contributed by atoms with van der Waals surface area (Å²) in [6.07, 6.45) is 2.79. The lowest BCUT2D eigenvalue weighted by Crippen LogP contribution is -2.54. The van der Waals surface area contributed by atoms with E-state index in [0.717, 1.165) is 19.3 Å². The number of rotatable bonds is 6. The van der Waals surface area contributed by atoms with Gasteiger partial charge in [-0.1, -0.05) is 50.6 Å². The van der Waals surface area contributed by atoms with Crippen molar-refractivity contribution >= 4 is 11.9 Å². The Morgan fingerprint density at radius 3 is 2.33 bits per heavy atom. The second kappa shape index (κ2) is 9.30. The van der Waals surface area contributed by atoms with Gasteiger partial charge in [0.2, 0.25) is 5.91 Å². The zero-order valence-electron chi connectivity index (χ0n) is 14.8. The molecule has 1 atom stereocenters. The third-order valence-corrected chi connectivity index (χ3v) is 4.55. The van der Waals surface area contributed by atoms with Crippen molar-refractivity contribution in [3.8, 4) is 0 Å². The second-order valence-corrected chi connectivity index (χ2v) is 6.47. The first-order valence-corrected chi connectivity index (χ1v) is 8.97. The SMILES string of the molecule is CCCC(C)C(=O)N1CCN(C(=O)NCCc2ccccc2)CC1. The van der Waals surface area contributed by atoms with E-state index in [0.29, 0.717) is 32.7 Å². The molecule has 0 spiro atoms. The fourth-order valence-corrected chi connectivity index (χ4v) is 3.07. The summed E-state index contributed by atoms with van der Waals surface area (Å²) in [6.45, 7) is 7.23. The van der Waals surface area contributed by atoms with E-state index in [1.165, 1.54) is 5.56 Å². The van der Waals surface area contributed by atoms with Gasteiger partial charge in [-0.25, -0.2) is 4.79 Å². The van der Waals surface area contributed by atoms with Crippen molar-refractivity contribution < 1.29 is 9.59 Å². The Morgan fingerprint density at radius 2 is 1.71 bits per heavy atom. The Kier molecular flexibility index (Phi) is 7.09. The minimum Gasteiger partial charge on any atom is -0.339 e. The molecule has 5 nitrogen and oxygen atoms in total. The Labute approximate surface area is 145 Å². The van der Waals surface area contributed by atoms with E-state index < -0.39 is 0 Å². The van der Waals surface area contributed by atoms with Crippen LogP contribution in [0.1, 0.15) is 32.3 Å². The highest BCUT2D eigenvalue weighted by molar-refractivity contribution is 5.79. The molecular formula is C19H29N3O2. The molecule has 0 aliphatic carbocycles. The fourth-order valence-electron chi connectivity index (χ4n) is 3.07. The highest BCUT2D eigenvalue weighted by Gasteiger charge is 2.26. The van der Waals surface area contributed by atoms with Gasteiger partial charge < -0.3 is 15.1 Å². The molecular weight excluding hydrogens is 302 g/mol. The van der Waals surface area contributed by atoms with E-state index in [1.54, 1.807) is 4.90 Å².